The largest absolute Gasteiger partial charge is 0.472 e. The lowest BCUT2D eigenvalue weighted by molar-refractivity contribution is 0.149. The molecule has 0 saturated carbocycles. The van der Waals surface area contributed by atoms with E-state index in [1.807, 2.05) is 29.5 Å². The number of likely N-dealkylation sites (N-methyl/N-ethyl adjacent to an activating group) is 1. The highest BCUT2D eigenvalue weighted by atomic mass is 32.1. The number of anilines is 2. The van der Waals surface area contributed by atoms with Crippen LogP contribution >= 0.6 is 11.3 Å². The third kappa shape index (κ3) is 5.34. The number of nitrogens with zero attached hydrogens (tertiary/aromatic N) is 4. The fraction of sp³-hybridized carbons (Fsp3) is 0.226. The van der Waals surface area contributed by atoms with Crippen LogP contribution < -0.4 is 5.32 Å². The number of benzene rings is 2. The molecule has 1 N–H and O–H groups in total. The van der Waals surface area contributed by atoms with E-state index in [0.29, 0.717) is 5.56 Å². The number of rotatable bonds is 7. The lowest BCUT2D eigenvalue weighted by Gasteiger charge is -2.31. The molecule has 0 atom stereocenters. The smallest absolute Gasteiger partial charge is 0.103 e. The van der Waals surface area contributed by atoms with Gasteiger partial charge in [-0.05, 0) is 65.0 Å². The Morgan fingerprint density at radius 3 is 2.61 bits per heavy atom. The molecule has 5 aromatic rings. The number of pyridine rings is 1. The van der Waals surface area contributed by atoms with E-state index in [1.165, 1.54) is 16.0 Å². The molecule has 0 spiro atoms. The van der Waals surface area contributed by atoms with E-state index in [1.54, 1.807) is 18.7 Å². The predicted octanol–water partition coefficient (Wildman–Crippen LogP) is 6.51. The highest BCUT2D eigenvalue weighted by Gasteiger charge is 2.16. The van der Waals surface area contributed by atoms with E-state index in [0.717, 1.165) is 72.5 Å². The number of thiophene rings is 1. The third-order valence-corrected chi connectivity index (χ3v) is 8.09. The summed E-state index contributed by atoms with van der Waals surface area (Å²) in [6, 6.07) is 21.2. The number of nitriles is 1. The van der Waals surface area contributed by atoms with Crippen LogP contribution in [0.25, 0.3) is 22.0 Å². The van der Waals surface area contributed by atoms with E-state index in [-0.39, 0.29) is 0 Å². The molecule has 38 heavy (non-hydrogen) atoms. The van der Waals surface area contributed by atoms with Crippen molar-refractivity contribution in [1.29, 1.82) is 5.26 Å². The van der Waals surface area contributed by atoms with Gasteiger partial charge in [-0.25, -0.2) is 0 Å². The summed E-state index contributed by atoms with van der Waals surface area (Å²) in [6.45, 7) is 5.50. The molecule has 6 rings (SSSR count). The molecule has 6 nitrogen and oxygen atoms in total. The molecule has 190 valence electrons. The topological polar surface area (TPSA) is 68.3 Å². The predicted molar refractivity (Wildman–Crippen MR) is 154 cm³/mol. The highest BCUT2D eigenvalue weighted by molar-refractivity contribution is 7.10. The van der Waals surface area contributed by atoms with Crippen LogP contribution in [-0.4, -0.2) is 48.0 Å². The first-order valence-corrected chi connectivity index (χ1v) is 13.7. The minimum absolute atomic E-state index is 0.526. The summed E-state index contributed by atoms with van der Waals surface area (Å²) in [6.07, 6.45) is 5.95. The minimum Gasteiger partial charge on any atom is -0.472 e. The second-order valence-electron chi connectivity index (χ2n) is 9.90. The third-order valence-electron chi connectivity index (χ3n) is 7.16. The van der Waals surface area contributed by atoms with E-state index in [2.05, 4.69) is 75.0 Å². The van der Waals surface area contributed by atoms with Gasteiger partial charge in [0.25, 0.3) is 0 Å². The average Bonchev–Trinajstić information content (AvgIpc) is 3.63. The minimum atomic E-state index is 0.526. The first-order chi connectivity index (χ1) is 18.6. The average molecular weight is 520 g/mol. The Labute approximate surface area is 226 Å². The second kappa shape index (κ2) is 10.8. The van der Waals surface area contributed by atoms with Crippen molar-refractivity contribution in [3.8, 4) is 17.2 Å². The van der Waals surface area contributed by atoms with Gasteiger partial charge in [0.05, 0.1) is 29.3 Å². The lowest BCUT2D eigenvalue weighted by atomic mass is 10.0. The molecule has 1 aliphatic rings. The Balaban J connectivity index is 1.22. The number of piperazine rings is 1. The molecule has 1 aliphatic heterocycles. The number of fused-ring (bicyclic) bond motifs is 1. The number of hydrogen-bond donors (Lipinski definition) is 1. The second-order valence-corrected chi connectivity index (χ2v) is 10.9. The first-order valence-electron chi connectivity index (χ1n) is 12.8. The molecule has 0 radical (unpaired) electrons. The molecule has 1 saturated heterocycles. The quantitative estimate of drug-likeness (QED) is 0.264. The number of aromatic nitrogens is 1. The molecule has 0 aliphatic carbocycles. The zero-order valence-electron chi connectivity index (χ0n) is 21.4. The van der Waals surface area contributed by atoms with E-state index < -0.39 is 0 Å². The Kier molecular flexibility index (Phi) is 6.93. The lowest BCUT2D eigenvalue weighted by Crippen LogP contribution is -2.43. The Hall–Kier alpha value is -3.96. The van der Waals surface area contributed by atoms with Crippen LogP contribution in [0.3, 0.4) is 0 Å². The molecule has 0 unspecified atom stereocenters. The van der Waals surface area contributed by atoms with E-state index in [4.69, 9.17) is 4.42 Å². The standard InChI is InChI=1S/C31H29N5OS/c1-35-9-11-36(12-10-35)19-28-15-25(21-38-28)24-4-7-29-30(16-24)33-18-26(17-32)31(29)34-27-5-2-22(3-6-27)14-23-8-13-37-20-23/h2-8,13,15-16,18,20-21H,9-12,14,19H2,1H3,(H,33,34). The van der Waals surface area contributed by atoms with Gasteiger partial charge >= 0.3 is 0 Å². The van der Waals surface area contributed by atoms with Crippen LogP contribution in [0, 0.1) is 11.3 Å². The molecule has 0 bridgehead atoms. The summed E-state index contributed by atoms with van der Waals surface area (Å²) in [5.74, 6) is 0. The fourth-order valence-corrected chi connectivity index (χ4v) is 5.85. The summed E-state index contributed by atoms with van der Waals surface area (Å²) in [4.78, 5) is 10.9. The zero-order valence-corrected chi connectivity index (χ0v) is 22.2. The van der Waals surface area contributed by atoms with Crippen molar-refractivity contribution < 1.29 is 4.42 Å². The van der Waals surface area contributed by atoms with Gasteiger partial charge in [0.1, 0.15) is 6.07 Å². The number of nitrogens with one attached hydrogen (secondary N) is 1. The Bertz CT molecular complexity index is 1580. The van der Waals surface area contributed by atoms with E-state index in [9.17, 15) is 5.26 Å². The molecule has 3 aromatic heterocycles. The maximum absolute atomic E-state index is 9.78. The van der Waals surface area contributed by atoms with Crippen LogP contribution in [-0.2, 0) is 13.0 Å². The molecule has 1 fully saturated rings. The van der Waals surface area contributed by atoms with Gasteiger partial charge in [-0.2, -0.15) is 5.26 Å². The summed E-state index contributed by atoms with van der Waals surface area (Å²) in [5.41, 5.74) is 7.81. The van der Waals surface area contributed by atoms with Gasteiger partial charge in [0.2, 0.25) is 0 Å². The summed E-state index contributed by atoms with van der Waals surface area (Å²) in [5, 5.41) is 16.4. The Morgan fingerprint density at radius 1 is 1.00 bits per heavy atom. The number of furan rings is 1. The highest BCUT2D eigenvalue weighted by Crippen LogP contribution is 2.33. The molecule has 2 aromatic carbocycles. The van der Waals surface area contributed by atoms with Gasteiger partial charge in [-0.1, -0.05) is 24.3 Å². The van der Waals surface area contributed by atoms with Crippen molar-refractivity contribution >= 4 is 33.6 Å². The summed E-state index contributed by atoms with van der Waals surface area (Å²) in [7, 11) is 2.19. The van der Waals surface area contributed by atoms with Gasteiger partial charge < -0.3 is 14.6 Å². The van der Waals surface area contributed by atoms with Crippen LogP contribution in [0.2, 0.25) is 0 Å². The zero-order chi connectivity index (χ0) is 25.9. The molecule has 4 heterocycles. The number of hydrogen-bond acceptors (Lipinski definition) is 7. The van der Waals surface area contributed by atoms with Gasteiger partial charge in [0.15, 0.2) is 0 Å². The van der Waals surface area contributed by atoms with Gasteiger partial charge in [-0.15, -0.1) is 11.3 Å². The van der Waals surface area contributed by atoms with Crippen molar-refractivity contribution in [2.24, 2.45) is 0 Å². The van der Waals surface area contributed by atoms with Crippen LogP contribution in [0.1, 0.15) is 21.6 Å². The van der Waals surface area contributed by atoms with Crippen LogP contribution in [0.4, 0.5) is 11.4 Å². The van der Waals surface area contributed by atoms with Crippen molar-refractivity contribution in [3.05, 3.63) is 100 Å². The van der Waals surface area contributed by atoms with Crippen LogP contribution in [0.5, 0.6) is 0 Å². The fourth-order valence-electron chi connectivity index (χ4n) is 4.91. The SMILES string of the molecule is CN1CCN(Cc2cc(-c3ccc4c(Nc5ccc(Cc6ccoc6)cc5)c(C#N)cnc4c3)cs2)CC1. The maximum atomic E-state index is 9.78. The molecular formula is C31H29N5OS. The van der Waals surface area contributed by atoms with Crippen molar-refractivity contribution in [1.82, 2.24) is 14.8 Å². The first kappa shape index (κ1) is 24.4. The normalized spacial score (nSPS) is 14.5. The van der Waals surface area contributed by atoms with Crippen molar-refractivity contribution in [2.45, 2.75) is 13.0 Å². The van der Waals surface area contributed by atoms with E-state index >= 15 is 0 Å². The summed E-state index contributed by atoms with van der Waals surface area (Å²) < 4.78 is 5.18. The monoisotopic (exact) mass is 519 g/mol. The Morgan fingerprint density at radius 2 is 1.84 bits per heavy atom. The summed E-state index contributed by atoms with van der Waals surface area (Å²) >= 11 is 1.82. The molecular weight excluding hydrogens is 490 g/mol. The van der Waals surface area contributed by atoms with Gasteiger partial charge in [-0.3, -0.25) is 9.88 Å². The van der Waals surface area contributed by atoms with Gasteiger partial charge in [0, 0.05) is 61.3 Å². The molecule has 0 amide bonds. The van der Waals surface area contributed by atoms with Crippen molar-refractivity contribution in [2.75, 3.05) is 38.5 Å². The maximum Gasteiger partial charge on any atom is 0.103 e. The molecule has 7 heteroatoms. The van der Waals surface area contributed by atoms with Crippen LogP contribution in [0.15, 0.2) is 83.1 Å². The van der Waals surface area contributed by atoms with Crippen molar-refractivity contribution in [3.63, 3.8) is 0 Å².